The van der Waals surface area contributed by atoms with Gasteiger partial charge in [-0.15, -0.1) is 5.10 Å². The van der Waals surface area contributed by atoms with Crippen LogP contribution in [-0.2, 0) is 24.1 Å². The number of carbonyl (C=O) groups is 1. The lowest BCUT2D eigenvalue weighted by Gasteiger charge is -2.11. The van der Waals surface area contributed by atoms with Crippen LogP contribution >= 0.6 is 0 Å². The van der Waals surface area contributed by atoms with Gasteiger partial charge in [-0.3, -0.25) is 10.1 Å². The number of hydrogen-bond acceptors (Lipinski definition) is 5. The lowest BCUT2D eigenvalue weighted by Crippen LogP contribution is -2.21. The van der Waals surface area contributed by atoms with Gasteiger partial charge in [0.05, 0.1) is 23.2 Å². The Bertz CT molecular complexity index is 1390. The van der Waals surface area contributed by atoms with Crippen molar-refractivity contribution in [2.45, 2.75) is 51.9 Å². The van der Waals surface area contributed by atoms with Crippen LogP contribution in [0.3, 0.4) is 0 Å². The maximum atomic E-state index is 13.7. The molecule has 3 aromatic heterocycles. The summed E-state index contributed by atoms with van der Waals surface area (Å²) in [5.74, 6) is -0.385. The van der Waals surface area contributed by atoms with Gasteiger partial charge in [0.15, 0.2) is 5.65 Å². The van der Waals surface area contributed by atoms with Crippen molar-refractivity contribution in [2.24, 2.45) is 0 Å². The second-order valence-electron chi connectivity index (χ2n) is 8.55. The number of hydrogen-bond donors (Lipinski definition) is 1. The molecule has 4 aromatic rings. The first kappa shape index (κ1) is 22.1. The second kappa shape index (κ2) is 8.23. The Morgan fingerprint density at radius 3 is 2.65 bits per heavy atom. The third-order valence-electron chi connectivity index (χ3n) is 5.87. The number of benzene rings is 1. The molecule has 11 heteroatoms. The summed E-state index contributed by atoms with van der Waals surface area (Å²) in [7, 11) is 0. The average Bonchev–Trinajstić information content (AvgIpc) is 3.47. The van der Waals surface area contributed by atoms with Crippen molar-refractivity contribution in [1.82, 2.24) is 29.5 Å². The summed E-state index contributed by atoms with van der Waals surface area (Å²) in [6, 6.07) is 8.98. The average molecular weight is 469 g/mol. The van der Waals surface area contributed by atoms with Crippen molar-refractivity contribution in [1.29, 1.82) is 0 Å². The van der Waals surface area contributed by atoms with E-state index in [0.29, 0.717) is 12.2 Å². The molecule has 176 valence electrons. The zero-order chi connectivity index (χ0) is 24.0. The van der Waals surface area contributed by atoms with E-state index in [0.717, 1.165) is 30.0 Å². The SMILES string of the molecule is Cc1ccccc1Cn1cnc(NC(=O)Cn2nc(C)c3c(C(F)(F)F)cc(C4CC4)nc32)n1. The van der Waals surface area contributed by atoms with Crippen molar-refractivity contribution in [3.05, 3.63) is 64.7 Å². The first-order chi connectivity index (χ1) is 16.2. The maximum absolute atomic E-state index is 13.7. The van der Waals surface area contributed by atoms with Crippen LogP contribution in [0.1, 0.15) is 46.8 Å². The highest BCUT2D eigenvalue weighted by molar-refractivity contribution is 5.90. The molecule has 34 heavy (non-hydrogen) atoms. The van der Waals surface area contributed by atoms with Crippen LogP contribution in [0, 0.1) is 13.8 Å². The Morgan fingerprint density at radius 2 is 1.94 bits per heavy atom. The number of halogens is 3. The Hall–Kier alpha value is -3.76. The lowest BCUT2D eigenvalue weighted by atomic mass is 10.1. The minimum atomic E-state index is -4.54. The Morgan fingerprint density at radius 1 is 1.18 bits per heavy atom. The van der Waals surface area contributed by atoms with Crippen molar-refractivity contribution in [2.75, 3.05) is 5.32 Å². The summed E-state index contributed by atoms with van der Waals surface area (Å²) < 4.78 is 44.0. The molecule has 0 spiro atoms. The second-order valence-corrected chi connectivity index (χ2v) is 8.55. The highest BCUT2D eigenvalue weighted by Crippen LogP contribution is 2.43. The molecule has 5 rings (SSSR count). The maximum Gasteiger partial charge on any atom is 0.417 e. The van der Waals surface area contributed by atoms with Crippen molar-refractivity contribution < 1.29 is 18.0 Å². The number of nitrogens with zero attached hydrogens (tertiary/aromatic N) is 6. The number of alkyl halides is 3. The molecule has 0 bridgehead atoms. The van der Waals surface area contributed by atoms with Gasteiger partial charge in [-0.25, -0.2) is 19.3 Å². The van der Waals surface area contributed by atoms with Crippen LogP contribution in [0.5, 0.6) is 0 Å². The van der Waals surface area contributed by atoms with E-state index in [9.17, 15) is 18.0 Å². The summed E-state index contributed by atoms with van der Waals surface area (Å²) >= 11 is 0. The van der Waals surface area contributed by atoms with Gasteiger partial charge < -0.3 is 0 Å². The first-order valence-corrected chi connectivity index (χ1v) is 10.9. The van der Waals surface area contributed by atoms with E-state index in [2.05, 4.69) is 25.5 Å². The highest BCUT2D eigenvalue weighted by Gasteiger charge is 2.37. The number of amides is 1. The van der Waals surface area contributed by atoms with E-state index >= 15 is 0 Å². The molecule has 8 nitrogen and oxygen atoms in total. The molecule has 1 amide bonds. The quantitative estimate of drug-likeness (QED) is 0.457. The van der Waals surface area contributed by atoms with Crippen LogP contribution in [0.4, 0.5) is 19.1 Å². The number of anilines is 1. The van der Waals surface area contributed by atoms with Gasteiger partial charge in [-0.1, -0.05) is 24.3 Å². The number of nitrogens with one attached hydrogen (secondary N) is 1. The molecule has 1 saturated carbocycles. The van der Waals surface area contributed by atoms with Gasteiger partial charge in [-0.2, -0.15) is 18.3 Å². The van der Waals surface area contributed by atoms with E-state index in [4.69, 9.17) is 0 Å². The monoisotopic (exact) mass is 469 g/mol. The topological polar surface area (TPSA) is 90.5 Å². The zero-order valence-electron chi connectivity index (χ0n) is 18.6. The van der Waals surface area contributed by atoms with Gasteiger partial charge in [0.2, 0.25) is 11.9 Å². The Kier molecular flexibility index (Phi) is 5.34. The van der Waals surface area contributed by atoms with E-state index in [1.54, 1.807) is 4.68 Å². The van der Waals surface area contributed by atoms with Crippen LogP contribution in [0.15, 0.2) is 36.7 Å². The van der Waals surface area contributed by atoms with Crippen LogP contribution in [0.25, 0.3) is 11.0 Å². The molecule has 1 N–H and O–H groups in total. The van der Waals surface area contributed by atoms with Gasteiger partial charge in [0.1, 0.15) is 12.9 Å². The summed E-state index contributed by atoms with van der Waals surface area (Å²) in [5, 5.41) is 11.0. The number of pyridine rings is 1. The Labute approximate surface area is 192 Å². The predicted octanol–water partition coefficient (Wildman–Crippen LogP) is 4.22. The summed E-state index contributed by atoms with van der Waals surface area (Å²) in [4.78, 5) is 21.2. The van der Waals surface area contributed by atoms with Crippen LogP contribution in [0.2, 0.25) is 0 Å². The largest absolute Gasteiger partial charge is 0.417 e. The highest BCUT2D eigenvalue weighted by atomic mass is 19.4. The lowest BCUT2D eigenvalue weighted by molar-refractivity contribution is -0.136. The summed E-state index contributed by atoms with van der Waals surface area (Å²) in [6.07, 6.45) is -1.42. The summed E-state index contributed by atoms with van der Waals surface area (Å²) in [6.45, 7) is 3.67. The third-order valence-corrected chi connectivity index (χ3v) is 5.87. The molecule has 0 saturated heterocycles. The minimum absolute atomic E-state index is 0.0180. The first-order valence-electron chi connectivity index (χ1n) is 10.9. The number of fused-ring (bicyclic) bond motifs is 1. The standard InChI is InChI=1S/C23H22F3N7O/c1-13-5-3-4-6-16(13)10-32-12-27-22(31-32)29-19(34)11-33-21-20(14(2)30-33)17(23(24,25)26)9-18(28-21)15-7-8-15/h3-6,9,12,15H,7-8,10-11H2,1-2H3,(H,29,31,34). The van der Waals surface area contributed by atoms with Gasteiger partial charge in [0, 0.05) is 11.6 Å². The number of aryl methyl sites for hydroxylation is 2. The van der Waals surface area contributed by atoms with E-state index in [-0.39, 0.29) is 35.1 Å². The number of carbonyl (C=O) groups excluding carboxylic acids is 1. The molecule has 1 fully saturated rings. The fourth-order valence-electron chi connectivity index (χ4n) is 3.99. The molecular weight excluding hydrogens is 447 g/mol. The Balaban J connectivity index is 1.37. The minimum Gasteiger partial charge on any atom is -0.292 e. The van der Waals surface area contributed by atoms with E-state index in [1.807, 2.05) is 31.2 Å². The van der Waals surface area contributed by atoms with Crippen LogP contribution < -0.4 is 5.32 Å². The van der Waals surface area contributed by atoms with Crippen molar-refractivity contribution in [3.8, 4) is 0 Å². The van der Waals surface area contributed by atoms with E-state index in [1.165, 1.54) is 17.9 Å². The van der Waals surface area contributed by atoms with Crippen molar-refractivity contribution >= 4 is 22.9 Å². The number of aromatic nitrogens is 6. The molecule has 0 aliphatic heterocycles. The fraction of sp³-hybridized carbons (Fsp3) is 0.348. The molecule has 0 unspecified atom stereocenters. The molecule has 0 radical (unpaired) electrons. The zero-order valence-corrected chi connectivity index (χ0v) is 18.6. The molecule has 1 aliphatic carbocycles. The summed E-state index contributed by atoms with van der Waals surface area (Å²) in [5.41, 5.74) is 2.04. The van der Waals surface area contributed by atoms with E-state index < -0.39 is 17.6 Å². The predicted molar refractivity (Wildman–Crippen MR) is 118 cm³/mol. The third kappa shape index (κ3) is 4.37. The van der Waals surface area contributed by atoms with Gasteiger partial charge >= 0.3 is 6.18 Å². The van der Waals surface area contributed by atoms with Gasteiger partial charge in [-0.05, 0) is 43.9 Å². The smallest absolute Gasteiger partial charge is 0.292 e. The molecule has 0 atom stereocenters. The van der Waals surface area contributed by atoms with Gasteiger partial charge in [0.25, 0.3) is 0 Å². The number of rotatable bonds is 6. The molecule has 1 aromatic carbocycles. The van der Waals surface area contributed by atoms with Crippen molar-refractivity contribution in [3.63, 3.8) is 0 Å². The normalized spacial score (nSPS) is 14.0. The molecule has 3 heterocycles. The molecule has 1 aliphatic rings. The fourth-order valence-corrected chi connectivity index (χ4v) is 3.99. The van der Waals surface area contributed by atoms with Crippen LogP contribution in [-0.4, -0.2) is 35.4 Å². The molecular formula is C23H22F3N7O.